The van der Waals surface area contributed by atoms with Gasteiger partial charge in [0.05, 0.1) is 0 Å². The van der Waals surface area contributed by atoms with Gasteiger partial charge in [-0.15, -0.1) is 0 Å². The highest BCUT2D eigenvalue weighted by molar-refractivity contribution is 5.79. The molecule has 1 atom stereocenters. The summed E-state index contributed by atoms with van der Waals surface area (Å²) in [6, 6.07) is 0.524. The zero-order chi connectivity index (χ0) is 11.8. The van der Waals surface area contributed by atoms with Crippen molar-refractivity contribution in [3.8, 4) is 0 Å². The molecule has 1 fully saturated rings. The van der Waals surface area contributed by atoms with Gasteiger partial charge in [-0.25, -0.2) is 0 Å². The Bertz CT molecular complexity index is 215. The van der Waals surface area contributed by atoms with Gasteiger partial charge in [0.15, 0.2) is 0 Å². The topological polar surface area (TPSA) is 79.9 Å². The number of ether oxygens (including phenoxy) is 1. The molecule has 0 aliphatic carbocycles. The van der Waals surface area contributed by atoms with E-state index in [-0.39, 0.29) is 0 Å². The predicted molar refractivity (Wildman–Crippen MR) is 63.7 cm³/mol. The van der Waals surface area contributed by atoms with E-state index in [2.05, 4.69) is 17.4 Å². The fourth-order valence-electron chi connectivity index (χ4n) is 2.03. The largest absolute Gasteiger partial charge is 0.409 e. The first-order chi connectivity index (χ1) is 7.74. The quantitative estimate of drug-likeness (QED) is 0.208. The van der Waals surface area contributed by atoms with Crippen molar-refractivity contribution in [1.29, 1.82) is 0 Å². The zero-order valence-electron chi connectivity index (χ0n) is 9.98. The molecule has 1 rings (SSSR count). The summed E-state index contributed by atoms with van der Waals surface area (Å²) in [4.78, 5) is 0. The Morgan fingerprint density at radius 1 is 1.56 bits per heavy atom. The van der Waals surface area contributed by atoms with Crippen LogP contribution >= 0.6 is 0 Å². The highest BCUT2D eigenvalue weighted by Gasteiger charge is 2.19. The molecule has 0 radical (unpaired) electrons. The maximum absolute atomic E-state index is 8.38. The van der Waals surface area contributed by atoms with Gasteiger partial charge in [0.25, 0.3) is 0 Å². The summed E-state index contributed by atoms with van der Waals surface area (Å²) in [7, 11) is 0. The highest BCUT2D eigenvalue weighted by Crippen LogP contribution is 2.18. The molecule has 4 N–H and O–H groups in total. The fraction of sp³-hybridized carbons (Fsp3) is 0.909. The minimum atomic E-state index is 0.306. The summed E-state index contributed by atoms with van der Waals surface area (Å²) >= 11 is 0. The second-order valence-electron chi connectivity index (χ2n) is 4.39. The van der Waals surface area contributed by atoms with E-state index in [0.29, 0.717) is 18.3 Å². The van der Waals surface area contributed by atoms with E-state index in [1.165, 1.54) is 0 Å². The van der Waals surface area contributed by atoms with Gasteiger partial charge in [0, 0.05) is 25.7 Å². The van der Waals surface area contributed by atoms with E-state index in [0.717, 1.165) is 44.9 Å². The number of amidine groups is 1. The van der Waals surface area contributed by atoms with E-state index < -0.39 is 0 Å². The normalized spacial score (nSPS) is 20.9. The Morgan fingerprint density at radius 2 is 2.25 bits per heavy atom. The van der Waals surface area contributed by atoms with Crippen molar-refractivity contribution in [2.45, 2.75) is 38.6 Å². The van der Waals surface area contributed by atoms with Crippen LogP contribution in [0.15, 0.2) is 5.16 Å². The molecule has 1 aliphatic rings. The Labute approximate surface area is 97.0 Å². The lowest BCUT2D eigenvalue weighted by Crippen LogP contribution is -2.37. The minimum absolute atomic E-state index is 0.306. The maximum atomic E-state index is 8.38. The minimum Gasteiger partial charge on any atom is -0.409 e. The van der Waals surface area contributed by atoms with E-state index in [9.17, 15) is 0 Å². The third-order valence-corrected chi connectivity index (χ3v) is 3.18. The molecule has 0 aromatic carbocycles. The van der Waals surface area contributed by atoms with E-state index in [4.69, 9.17) is 15.7 Å². The number of nitrogens with zero attached hydrogens (tertiary/aromatic N) is 1. The molecular weight excluding hydrogens is 206 g/mol. The zero-order valence-corrected chi connectivity index (χ0v) is 9.98. The van der Waals surface area contributed by atoms with Gasteiger partial charge in [-0.1, -0.05) is 5.16 Å². The molecule has 1 unspecified atom stereocenters. The molecule has 0 bridgehead atoms. The number of rotatable bonds is 6. The van der Waals surface area contributed by atoms with Crippen molar-refractivity contribution in [2.75, 3.05) is 19.8 Å². The number of hydrogen-bond acceptors (Lipinski definition) is 4. The molecule has 0 spiro atoms. The summed E-state index contributed by atoms with van der Waals surface area (Å²) in [6.07, 6.45) is 3.84. The highest BCUT2D eigenvalue weighted by atomic mass is 16.5. The molecule has 0 aromatic rings. The SMILES string of the molecule is CC(NCCCC(N)=NO)C1CCOCC1. The second-order valence-corrected chi connectivity index (χ2v) is 4.39. The smallest absolute Gasteiger partial charge is 0.139 e. The van der Waals surface area contributed by atoms with Crippen LogP contribution in [0, 0.1) is 5.92 Å². The van der Waals surface area contributed by atoms with Crippen LogP contribution in [0.5, 0.6) is 0 Å². The van der Waals surface area contributed by atoms with Gasteiger partial charge < -0.3 is 21.0 Å². The van der Waals surface area contributed by atoms with Gasteiger partial charge in [0.2, 0.25) is 0 Å². The monoisotopic (exact) mass is 229 g/mol. The Hall–Kier alpha value is -0.810. The summed E-state index contributed by atoms with van der Waals surface area (Å²) in [5.41, 5.74) is 5.39. The average molecular weight is 229 g/mol. The Morgan fingerprint density at radius 3 is 2.88 bits per heavy atom. The van der Waals surface area contributed by atoms with Crippen molar-refractivity contribution in [2.24, 2.45) is 16.8 Å². The Kier molecular flexibility index (Phi) is 6.18. The third kappa shape index (κ3) is 4.81. The first-order valence-corrected chi connectivity index (χ1v) is 6.01. The number of oxime groups is 1. The average Bonchev–Trinajstić information content (AvgIpc) is 2.35. The number of hydrogen-bond donors (Lipinski definition) is 3. The second kappa shape index (κ2) is 7.46. The molecule has 0 amide bonds. The summed E-state index contributed by atoms with van der Waals surface area (Å²) in [5.74, 6) is 1.03. The van der Waals surface area contributed by atoms with E-state index in [1.807, 2.05) is 0 Å². The summed E-state index contributed by atoms with van der Waals surface area (Å²) in [5, 5.41) is 14.8. The van der Waals surface area contributed by atoms with Crippen LogP contribution in [-0.2, 0) is 4.74 Å². The standard InChI is InChI=1S/C11H23N3O2/c1-9(10-4-7-16-8-5-10)13-6-2-3-11(12)14-15/h9-10,13,15H,2-8H2,1H3,(H2,12,14). The van der Waals surface area contributed by atoms with Crippen LogP contribution in [0.4, 0.5) is 0 Å². The maximum Gasteiger partial charge on any atom is 0.139 e. The van der Waals surface area contributed by atoms with E-state index >= 15 is 0 Å². The van der Waals surface area contributed by atoms with Crippen LogP contribution in [-0.4, -0.2) is 36.8 Å². The van der Waals surface area contributed by atoms with Crippen molar-refractivity contribution in [3.05, 3.63) is 0 Å². The lowest BCUT2D eigenvalue weighted by atomic mass is 9.93. The molecule has 1 heterocycles. The molecular formula is C11H23N3O2. The van der Waals surface area contributed by atoms with Crippen LogP contribution in [0.25, 0.3) is 0 Å². The molecule has 16 heavy (non-hydrogen) atoms. The first kappa shape index (κ1) is 13.3. The van der Waals surface area contributed by atoms with Crippen molar-refractivity contribution < 1.29 is 9.94 Å². The number of nitrogens with two attached hydrogens (primary N) is 1. The van der Waals surface area contributed by atoms with Crippen LogP contribution in [0.2, 0.25) is 0 Å². The van der Waals surface area contributed by atoms with Gasteiger partial charge in [-0.2, -0.15) is 0 Å². The molecule has 0 aromatic heterocycles. The fourth-order valence-corrected chi connectivity index (χ4v) is 2.03. The third-order valence-electron chi connectivity index (χ3n) is 3.18. The Balaban J connectivity index is 2.07. The molecule has 5 nitrogen and oxygen atoms in total. The van der Waals surface area contributed by atoms with E-state index in [1.54, 1.807) is 0 Å². The lowest BCUT2D eigenvalue weighted by Gasteiger charge is -2.28. The molecule has 0 saturated carbocycles. The molecule has 94 valence electrons. The van der Waals surface area contributed by atoms with Crippen molar-refractivity contribution in [1.82, 2.24) is 5.32 Å². The molecule has 5 heteroatoms. The van der Waals surface area contributed by atoms with Gasteiger partial charge in [-0.3, -0.25) is 0 Å². The van der Waals surface area contributed by atoms with Crippen molar-refractivity contribution >= 4 is 5.84 Å². The van der Waals surface area contributed by atoms with Crippen molar-refractivity contribution in [3.63, 3.8) is 0 Å². The summed E-state index contributed by atoms with van der Waals surface area (Å²) in [6.45, 7) is 4.91. The first-order valence-electron chi connectivity index (χ1n) is 6.01. The number of nitrogens with one attached hydrogen (secondary N) is 1. The lowest BCUT2D eigenvalue weighted by molar-refractivity contribution is 0.0560. The molecule has 1 saturated heterocycles. The van der Waals surface area contributed by atoms with Gasteiger partial charge in [0.1, 0.15) is 5.84 Å². The molecule has 1 aliphatic heterocycles. The van der Waals surface area contributed by atoms with Gasteiger partial charge in [-0.05, 0) is 38.6 Å². The predicted octanol–water partition coefficient (Wildman–Crippen LogP) is 0.918. The van der Waals surface area contributed by atoms with Crippen LogP contribution in [0.1, 0.15) is 32.6 Å². The van der Waals surface area contributed by atoms with Crippen LogP contribution < -0.4 is 11.1 Å². The summed E-state index contributed by atoms with van der Waals surface area (Å²) < 4.78 is 5.33. The van der Waals surface area contributed by atoms with Gasteiger partial charge >= 0.3 is 0 Å². The van der Waals surface area contributed by atoms with Crippen LogP contribution in [0.3, 0.4) is 0 Å².